The third-order valence-electron chi connectivity index (χ3n) is 5.16. The van der Waals surface area contributed by atoms with Crippen LogP contribution in [0, 0.1) is 0 Å². The molecule has 0 aromatic heterocycles. The molecule has 28 heavy (non-hydrogen) atoms. The Hall–Kier alpha value is -0.360. The van der Waals surface area contributed by atoms with Crippen molar-refractivity contribution in [3.8, 4) is 0 Å². The summed E-state index contributed by atoms with van der Waals surface area (Å²) in [6, 6.07) is 0. The molecule has 0 bridgehead atoms. The van der Waals surface area contributed by atoms with E-state index >= 15 is 0 Å². The van der Waals surface area contributed by atoms with Crippen LogP contribution in [0.1, 0.15) is 117 Å². The molecule has 0 saturated heterocycles. The van der Waals surface area contributed by atoms with Crippen LogP contribution < -0.4 is 0 Å². The third-order valence-corrected chi connectivity index (χ3v) is 8.21. The van der Waals surface area contributed by atoms with Gasteiger partial charge in [-0.25, -0.2) is 0 Å². The molecule has 2 N–H and O–H groups in total. The smallest absolute Gasteiger partial charge is 0.320 e. The quantitative estimate of drug-likeness (QED) is 0.143. The highest BCUT2D eigenvalue weighted by Gasteiger charge is 2.38. The standard InChI is InChI=1S/C22H42O4S2/c1-3-5-7-9-10-11-12-14-16-18-22(21(25)26,28-27-19-20(23)24)17-15-13-8-6-4-2/h3-19H2,1-2H3,(H,23,24)(H,25,26). The zero-order valence-corrected chi connectivity index (χ0v) is 19.7. The molecule has 0 heterocycles. The van der Waals surface area contributed by atoms with Crippen molar-refractivity contribution in [2.75, 3.05) is 5.75 Å². The van der Waals surface area contributed by atoms with Crippen molar-refractivity contribution in [3.63, 3.8) is 0 Å². The third kappa shape index (κ3) is 14.6. The summed E-state index contributed by atoms with van der Waals surface area (Å²) >= 11 is 0. The van der Waals surface area contributed by atoms with Crippen LogP contribution in [0.25, 0.3) is 0 Å². The summed E-state index contributed by atoms with van der Waals surface area (Å²) in [5.74, 6) is -1.71. The second-order valence-corrected chi connectivity index (χ2v) is 10.5. The summed E-state index contributed by atoms with van der Waals surface area (Å²) in [6.45, 7) is 4.40. The molecule has 0 aromatic rings. The lowest BCUT2D eigenvalue weighted by atomic mass is 9.93. The van der Waals surface area contributed by atoms with Gasteiger partial charge in [0.25, 0.3) is 0 Å². The fourth-order valence-corrected chi connectivity index (χ4v) is 6.17. The maximum atomic E-state index is 12.1. The molecular weight excluding hydrogens is 392 g/mol. The fraction of sp³-hybridized carbons (Fsp3) is 0.909. The molecule has 0 fully saturated rings. The van der Waals surface area contributed by atoms with Crippen LogP contribution in [-0.4, -0.2) is 32.7 Å². The van der Waals surface area contributed by atoms with Gasteiger partial charge in [0, 0.05) is 0 Å². The Balaban J connectivity index is 4.38. The Morgan fingerprint density at radius 2 is 1.07 bits per heavy atom. The Kier molecular flexibility index (Phi) is 18.4. The van der Waals surface area contributed by atoms with Crippen molar-refractivity contribution < 1.29 is 19.8 Å². The number of rotatable bonds is 21. The molecule has 0 aliphatic carbocycles. The van der Waals surface area contributed by atoms with E-state index in [1.807, 2.05) is 0 Å². The van der Waals surface area contributed by atoms with E-state index in [1.165, 1.54) is 79.4 Å². The topological polar surface area (TPSA) is 74.6 Å². The normalized spacial score (nSPS) is 13.4. The van der Waals surface area contributed by atoms with Crippen LogP contribution in [-0.2, 0) is 9.59 Å². The van der Waals surface area contributed by atoms with Crippen molar-refractivity contribution in [1.82, 2.24) is 0 Å². The average molecular weight is 435 g/mol. The summed E-state index contributed by atoms with van der Waals surface area (Å²) in [5, 5.41) is 18.8. The molecule has 6 heteroatoms. The summed E-state index contributed by atoms with van der Waals surface area (Å²) in [4.78, 5) is 22.9. The molecule has 1 unspecified atom stereocenters. The lowest BCUT2D eigenvalue weighted by molar-refractivity contribution is -0.140. The minimum atomic E-state index is -0.886. The van der Waals surface area contributed by atoms with Crippen molar-refractivity contribution in [1.29, 1.82) is 0 Å². The zero-order valence-electron chi connectivity index (χ0n) is 18.0. The van der Waals surface area contributed by atoms with Gasteiger partial charge in [0.05, 0.1) is 0 Å². The molecule has 0 radical (unpaired) electrons. The largest absolute Gasteiger partial charge is 0.481 e. The number of carboxylic acids is 2. The van der Waals surface area contributed by atoms with Gasteiger partial charge in [0.15, 0.2) is 0 Å². The van der Waals surface area contributed by atoms with Gasteiger partial charge in [-0.2, -0.15) is 0 Å². The molecule has 0 rings (SSSR count). The first-order chi connectivity index (χ1) is 13.5. The highest BCUT2D eigenvalue weighted by molar-refractivity contribution is 8.77. The highest BCUT2D eigenvalue weighted by Crippen LogP contribution is 2.44. The van der Waals surface area contributed by atoms with Crippen molar-refractivity contribution in [2.24, 2.45) is 0 Å². The first kappa shape index (κ1) is 27.6. The first-order valence-corrected chi connectivity index (χ1v) is 13.6. The monoisotopic (exact) mass is 434 g/mol. The Morgan fingerprint density at radius 3 is 1.43 bits per heavy atom. The summed E-state index contributed by atoms with van der Waals surface area (Å²) in [6.07, 6.45) is 17.7. The molecule has 166 valence electrons. The summed E-state index contributed by atoms with van der Waals surface area (Å²) in [5.41, 5.74) is 0. The minimum absolute atomic E-state index is 0.0483. The number of hydrogen-bond acceptors (Lipinski definition) is 4. The molecule has 0 aromatic carbocycles. The van der Waals surface area contributed by atoms with Crippen molar-refractivity contribution in [3.05, 3.63) is 0 Å². The van der Waals surface area contributed by atoms with E-state index in [9.17, 15) is 14.7 Å². The van der Waals surface area contributed by atoms with Gasteiger partial charge in [-0.1, -0.05) is 125 Å². The molecule has 1 atom stereocenters. The van der Waals surface area contributed by atoms with Crippen LogP contribution in [0.15, 0.2) is 0 Å². The van der Waals surface area contributed by atoms with Crippen LogP contribution in [0.5, 0.6) is 0 Å². The van der Waals surface area contributed by atoms with E-state index in [2.05, 4.69) is 13.8 Å². The van der Waals surface area contributed by atoms with E-state index in [-0.39, 0.29) is 5.75 Å². The fourth-order valence-electron chi connectivity index (χ4n) is 3.39. The van der Waals surface area contributed by atoms with Gasteiger partial charge >= 0.3 is 11.9 Å². The highest BCUT2D eigenvalue weighted by atomic mass is 33.1. The SMILES string of the molecule is CCCCCCCCCCCC(CCCCCCC)(SSCC(=O)O)C(=O)O. The molecule has 0 saturated carbocycles. The van der Waals surface area contributed by atoms with Gasteiger partial charge in [-0.3, -0.25) is 9.59 Å². The number of carbonyl (C=O) groups is 2. The van der Waals surface area contributed by atoms with E-state index in [0.717, 1.165) is 32.1 Å². The Bertz CT molecular complexity index is 404. The molecule has 4 nitrogen and oxygen atoms in total. The van der Waals surface area contributed by atoms with Gasteiger partial charge < -0.3 is 10.2 Å². The van der Waals surface area contributed by atoms with Gasteiger partial charge in [-0.15, -0.1) is 0 Å². The minimum Gasteiger partial charge on any atom is -0.481 e. The number of aliphatic carboxylic acids is 2. The maximum Gasteiger partial charge on any atom is 0.320 e. The van der Waals surface area contributed by atoms with Crippen LogP contribution in [0.2, 0.25) is 0 Å². The van der Waals surface area contributed by atoms with Crippen molar-refractivity contribution in [2.45, 2.75) is 121 Å². The Morgan fingerprint density at radius 1 is 0.679 bits per heavy atom. The lowest BCUT2D eigenvalue weighted by Gasteiger charge is -2.28. The van der Waals surface area contributed by atoms with E-state index < -0.39 is 16.7 Å². The average Bonchev–Trinajstić information content (AvgIpc) is 2.65. The van der Waals surface area contributed by atoms with E-state index in [4.69, 9.17) is 5.11 Å². The van der Waals surface area contributed by atoms with Gasteiger partial charge in [-0.05, 0) is 12.8 Å². The van der Waals surface area contributed by atoms with Gasteiger partial charge in [0.1, 0.15) is 10.5 Å². The van der Waals surface area contributed by atoms with Crippen LogP contribution in [0.3, 0.4) is 0 Å². The number of carboxylic acid groups (broad SMARTS) is 2. The lowest BCUT2D eigenvalue weighted by Crippen LogP contribution is -2.34. The second kappa shape index (κ2) is 18.7. The summed E-state index contributed by atoms with van der Waals surface area (Å²) < 4.78 is -0.840. The number of unbranched alkanes of at least 4 members (excludes halogenated alkanes) is 12. The molecule has 0 amide bonds. The number of hydrogen-bond donors (Lipinski definition) is 2. The predicted molar refractivity (Wildman–Crippen MR) is 123 cm³/mol. The van der Waals surface area contributed by atoms with E-state index in [1.54, 1.807) is 0 Å². The van der Waals surface area contributed by atoms with Gasteiger partial charge in [0.2, 0.25) is 0 Å². The zero-order chi connectivity index (χ0) is 21.1. The second-order valence-electron chi connectivity index (χ2n) is 7.78. The van der Waals surface area contributed by atoms with Crippen LogP contribution in [0.4, 0.5) is 0 Å². The molecule has 0 aliphatic rings. The van der Waals surface area contributed by atoms with Crippen LogP contribution >= 0.6 is 21.6 Å². The first-order valence-electron chi connectivity index (χ1n) is 11.2. The molecular formula is C22H42O4S2. The predicted octanol–water partition coefficient (Wildman–Crippen LogP) is 7.56. The van der Waals surface area contributed by atoms with Crippen molar-refractivity contribution >= 4 is 33.5 Å². The molecule has 0 aliphatic heterocycles. The maximum absolute atomic E-state index is 12.1. The summed E-state index contributed by atoms with van der Waals surface area (Å²) in [7, 11) is 2.46. The Labute approximate surface area is 180 Å². The van der Waals surface area contributed by atoms with E-state index in [0.29, 0.717) is 12.8 Å². The molecule has 0 spiro atoms.